The van der Waals surface area contributed by atoms with Gasteiger partial charge in [-0.25, -0.2) is 13.9 Å². The molecule has 10 heteroatoms. The first-order chi connectivity index (χ1) is 16.6. The first-order valence-electron chi connectivity index (χ1n) is 11.7. The average Bonchev–Trinajstić information content (AvgIpc) is 3.45. The number of benzene rings is 2. The topological polar surface area (TPSA) is 75.5 Å². The molecule has 34 heavy (non-hydrogen) atoms. The summed E-state index contributed by atoms with van der Waals surface area (Å²) >= 11 is 5.46. The van der Waals surface area contributed by atoms with Gasteiger partial charge in [0.15, 0.2) is 5.82 Å². The Bertz CT molecular complexity index is 1200. The van der Waals surface area contributed by atoms with Crippen molar-refractivity contribution in [3.8, 4) is 5.69 Å². The Morgan fingerprint density at radius 1 is 1.18 bits per heavy atom. The van der Waals surface area contributed by atoms with E-state index in [-0.39, 0.29) is 11.8 Å². The molecule has 5 rings (SSSR count). The maximum absolute atomic E-state index is 15.0. The lowest BCUT2D eigenvalue weighted by molar-refractivity contribution is 0.143. The number of fused-ring (bicyclic) bond motifs is 1. The molecular formula is C24H27FN6O2S. The van der Waals surface area contributed by atoms with E-state index in [2.05, 4.69) is 20.5 Å². The maximum atomic E-state index is 15.0. The van der Waals surface area contributed by atoms with Gasteiger partial charge >= 0.3 is 6.09 Å². The molecule has 0 aliphatic carbocycles. The number of hydrogen-bond donors (Lipinski definition) is 1. The van der Waals surface area contributed by atoms with Crippen molar-refractivity contribution in [1.82, 2.24) is 25.2 Å². The molecule has 2 saturated heterocycles. The zero-order chi connectivity index (χ0) is 23.5. The van der Waals surface area contributed by atoms with Crippen LogP contribution in [-0.2, 0) is 4.74 Å². The van der Waals surface area contributed by atoms with Crippen LogP contribution < -0.4 is 10.2 Å². The summed E-state index contributed by atoms with van der Waals surface area (Å²) in [5, 5.41) is 11.4. The van der Waals surface area contributed by atoms with E-state index < -0.39 is 11.9 Å². The molecule has 0 spiro atoms. The number of nitrogens with one attached hydrogen (secondary N) is 1. The number of likely N-dealkylation sites (tertiary alicyclic amines) is 1. The largest absolute Gasteiger partial charge is 0.442 e. The Hall–Kier alpha value is -3.11. The highest BCUT2D eigenvalue weighted by atomic mass is 32.1. The van der Waals surface area contributed by atoms with Gasteiger partial charge < -0.3 is 15.0 Å². The van der Waals surface area contributed by atoms with Crippen molar-refractivity contribution >= 4 is 40.0 Å². The number of amides is 1. The maximum Gasteiger partial charge on any atom is 0.414 e. The molecule has 3 heterocycles. The number of carbonyl (C=O) groups is 1. The van der Waals surface area contributed by atoms with Gasteiger partial charge in [0.25, 0.3) is 0 Å². The van der Waals surface area contributed by atoms with Gasteiger partial charge in [-0.2, -0.15) is 0 Å². The van der Waals surface area contributed by atoms with Crippen LogP contribution in [0.15, 0.2) is 42.5 Å². The molecule has 2 fully saturated rings. The number of para-hydroxylation sites is 1. The number of ether oxygens (including phenoxy) is 1. The van der Waals surface area contributed by atoms with Gasteiger partial charge in [-0.15, -0.1) is 5.10 Å². The van der Waals surface area contributed by atoms with E-state index in [0.29, 0.717) is 29.8 Å². The highest BCUT2D eigenvalue weighted by Gasteiger charge is 2.33. The van der Waals surface area contributed by atoms with Crippen molar-refractivity contribution in [2.45, 2.75) is 31.8 Å². The third-order valence-corrected chi connectivity index (χ3v) is 6.68. The predicted molar refractivity (Wildman–Crippen MR) is 132 cm³/mol. The lowest BCUT2D eigenvalue weighted by atomic mass is 10.1. The second-order valence-corrected chi connectivity index (χ2v) is 9.19. The van der Waals surface area contributed by atoms with Gasteiger partial charge in [-0.3, -0.25) is 4.90 Å². The monoisotopic (exact) mass is 482 g/mol. The number of halogens is 1. The molecule has 0 unspecified atom stereocenters. The Morgan fingerprint density at radius 2 is 2.00 bits per heavy atom. The minimum absolute atomic E-state index is 0.266. The van der Waals surface area contributed by atoms with Crippen molar-refractivity contribution in [2.75, 3.05) is 37.6 Å². The lowest BCUT2D eigenvalue weighted by Crippen LogP contribution is -2.37. The van der Waals surface area contributed by atoms with Gasteiger partial charge in [0, 0.05) is 13.0 Å². The first kappa shape index (κ1) is 22.7. The standard InChI is InChI=1S/C24H27FN6O2S/c25-19-14-17(8-9-21(19)31-22-7-3-2-6-20(22)27-28-31)30-16-18(33-24(30)32)15-26-23(34)10-13-29-11-4-1-5-12-29/h2-3,6-9,14,18H,1,4-5,10-13,15-16H2,(H,26,34)/t18-/m0/s1. The van der Waals surface area contributed by atoms with Gasteiger partial charge in [-0.1, -0.05) is 36.0 Å². The van der Waals surface area contributed by atoms with E-state index in [0.717, 1.165) is 31.0 Å². The summed E-state index contributed by atoms with van der Waals surface area (Å²) in [6.07, 6.45) is 3.76. The molecule has 1 aromatic heterocycles. The van der Waals surface area contributed by atoms with E-state index in [4.69, 9.17) is 17.0 Å². The molecule has 1 N–H and O–H groups in total. The molecule has 3 aromatic rings. The summed E-state index contributed by atoms with van der Waals surface area (Å²) in [7, 11) is 0. The van der Waals surface area contributed by atoms with Crippen LogP contribution in [0.25, 0.3) is 16.7 Å². The number of aromatic nitrogens is 3. The molecule has 178 valence electrons. The molecule has 2 aromatic carbocycles. The molecular weight excluding hydrogens is 455 g/mol. The van der Waals surface area contributed by atoms with Crippen molar-refractivity contribution in [3.05, 3.63) is 48.3 Å². The number of nitrogens with zero attached hydrogens (tertiary/aromatic N) is 5. The van der Waals surface area contributed by atoms with Crippen molar-refractivity contribution in [2.24, 2.45) is 0 Å². The smallest absolute Gasteiger partial charge is 0.414 e. The van der Waals surface area contributed by atoms with Crippen LogP contribution in [0.3, 0.4) is 0 Å². The Kier molecular flexibility index (Phi) is 6.68. The lowest BCUT2D eigenvalue weighted by Gasteiger charge is -2.26. The Morgan fingerprint density at radius 3 is 2.82 bits per heavy atom. The third-order valence-electron chi connectivity index (χ3n) is 6.33. The number of piperidine rings is 1. The number of thiocarbonyl (C=S) groups is 1. The quantitative estimate of drug-likeness (QED) is 0.515. The van der Waals surface area contributed by atoms with E-state index in [1.165, 1.54) is 34.9 Å². The van der Waals surface area contributed by atoms with E-state index in [9.17, 15) is 4.79 Å². The number of cyclic esters (lactones) is 1. The van der Waals surface area contributed by atoms with E-state index >= 15 is 4.39 Å². The SMILES string of the molecule is O=C1O[C@@H](CNC(=S)CCN2CCCCC2)CN1c1ccc(-n2nnc3ccccc32)c(F)c1. The zero-order valence-corrected chi connectivity index (χ0v) is 19.6. The average molecular weight is 483 g/mol. The zero-order valence-electron chi connectivity index (χ0n) is 18.8. The normalized spacial score (nSPS) is 18.9. The minimum Gasteiger partial charge on any atom is -0.442 e. The van der Waals surface area contributed by atoms with Crippen molar-refractivity contribution in [1.29, 1.82) is 0 Å². The van der Waals surface area contributed by atoms with Crippen molar-refractivity contribution in [3.63, 3.8) is 0 Å². The molecule has 2 aliphatic heterocycles. The van der Waals surface area contributed by atoms with Gasteiger partial charge in [0.2, 0.25) is 0 Å². The summed E-state index contributed by atoms with van der Waals surface area (Å²) in [5.41, 5.74) is 2.09. The molecule has 8 nitrogen and oxygen atoms in total. The molecule has 1 amide bonds. The van der Waals surface area contributed by atoms with Gasteiger partial charge in [0.05, 0.1) is 29.3 Å². The van der Waals surface area contributed by atoms with Crippen LogP contribution >= 0.6 is 12.2 Å². The highest BCUT2D eigenvalue weighted by molar-refractivity contribution is 7.80. The summed E-state index contributed by atoms with van der Waals surface area (Å²) < 4.78 is 21.9. The van der Waals surface area contributed by atoms with Crippen LogP contribution in [0.4, 0.5) is 14.9 Å². The predicted octanol–water partition coefficient (Wildman–Crippen LogP) is 3.68. The molecule has 0 saturated carbocycles. The van der Waals surface area contributed by atoms with Gasteiger partial charge in [0.1, 0.15) is 17.3 Å². The summed E-state index contributed by atoms with van der Waals surface area (Å²) in [6, 6.07) is 12.0. The summed E-state index contributed by atoms with van der Waals surface area (Å²) in [5.74, 6) is -0.499. The van der Waals surface area contributed by atoms with Crippen LogP contribution in [0, 0.1) is 5.82 Å². The third kappa shape index (κ3) is 4.88. The van der Waals surface area contributed by atoms with E-state index in [1.807, 2.05) is 24.3 Å². The Labute approximate surface area is 202 Å². The van der Waals surface area contributed by atoms with Crippen LogP contribution in [0.2, 0.25) is 0 Å². The number of anilines is 1. The molecule has 1 atom stereocenters. The summed E-state index contributed by atoms with van der Waals surface area (Å²) in [4.78, 5) is 17.1. The number of carbonyl (C=O) groups excluding carboxylic acids is 1. The second kappa shape index (κ2) is 10.0. The number of hydrogen-bond acceptors (Lipinski definition) is 6. The first-order valence-corrected chi connectivity index (χ1v) is 12.1. The molecule has 0 bridgehead atoms. The molecule has 0 radical (unpaired) electrons. The number of rotatable bonds is 7. The van der Waals surface area contributed by atoms with Crippen molar-refractivity contribution < 1.29 is 13.9 Å². The fraction of sp³-hybridized carbons (Fsp3) is 0.417. The molecule has 2 aliphatic rings. The fourth-order valence-electron chi connectivity index (χ4n) is 4.48. The Balaban J connectivity index is 1.18. The fourth-order valence-corrected chi connectivity index (χ4v) is 4.65. The highest BCUT2D eigenvalue weighted by Crippen LogP contribution is 2.26. The van der Waals surface area contributed by atoms with Crippen LogP contribution in [-0.4, -0.2) is 69.8 Å². The van der Waals surface area contributed by atoms with Crippen LogP contribution in [0.5, 0.6) is 0 Å². The van der Waals surface area contributed by atoms with E-state index in [1.54, 1.807) is 12.1 Å². The van der Waals surface area contributed by atoms with Gasteiger partial charge in [-0.05, 0) is 56.3 Å². The summed E-state index contributed by atoms with van der Waals surface area (Å²) in [6.45, 7) is 3.99. The minimum atomic E-state index is -0.499. The van der Waals surface area contributed by atoms with Crippen LogP contribution in [0.1, 0.15) is 25.7 Å². The second-order valence-electron chi connectivity index (χ2n) is 8.70.